The molecule has 0 aliphatic heterocycles. The average Bonchev–Trinajstić information content (AvgIpc) is 2.39. The van der Waals surface area contributed by atoms with Gasteiger partial charge in [-0.25, -0.2) is 0 Å². The van der Waals surface area contributed by atoms with Crippen molar-refractivity contribution in [2.75, 3.05) is 0 Å². The average molecular weight is 229 g/mol. The van der Waals surface area contributed by atoms with E-state index in [-0.39, 0.29) is 5.54 Å². The molecular formula is C16H23N. The maximum atomic E-state index is 6.57. The van der Waals surface area contributed by atoms with Crippen LogP contribution in [0.4, 0.5) is 0 Å². The first-order chi connectivity index (χ1) is 8.15. The first kappa shape index (κ1) is 12.4. The van der Waals surface area contributed by atoms with E-state index in [1.807, 2.05) is 0 Å². The molecule has 2 rings (SSSR count). The molecule has 17 heavy (non-hydrogen) atoms. The van der Waals surface area contributed by atoms with Crippen molar-refractivity contribution in [1.82, 2.24) is 0 Å². The van der Waals surface area contributed by atoms with E-state index in [4.69, 9.17) is 5.73 Å². The van der Waals surface area contributed by atoms with Crippen LogP contribution >= 0.6 is 0 Å². The molecule has 1 aliphatic carbocycles. The summed E-state index contributed by atoms with van der Waals surface area (Å²) in [5, 5.41) is 0. The molecule has 0 atom stereocenters. The quantitative estimate of drug-likeness (QED) is 0.807. The third kappa shape index (κ3) is 2.61. The van der Waals surface area contributed by atoms with Gasteiger partial charge in [-0.1, -0.05) is 43.5 Å². The van der Waals surface area contributed by atoms with Crippen molar-refractivity contribution in [3.05, 3.63) is 41.5 Å². The minimum Gasteiger partial charge on any atom is -0.321 e. The Balaban J connectivity index is 2.32. The lowest BCUT2D eigenvalue weighted by Crippen LogP contribution is -2.38. The molecule has 0 radical (unpaired) electrons. The molecule has 1 aromatic rings. The number of hydrogen-bond donors (Lipinski definition) is 1. The molecule has 1 aliphatic rings. The Morgan fingerprint density at radius 3 is 2.59 bits per heavy atom. The van der Waals surface area contributed by atoms with Gasteiger partial charge in [-0.2, -0.15) is 0 Å². The highest BCUT2D eigenvalue weighted by Crippen LogP contribution is 2.35. The fourth-order valence-electron chi connectivity index (χ4n) is 2.71. The molecule has 1 heteroatoms. The first-order valence-corrected chi connectivity index (χ1v) is 6.68. The highest BCUT2D eigenvalue weighted by molar-refractivity contribution is 5.64. The summed E-state index contributed by atoms with van der Waals surface area (Å²) in [4.78, 5) is 0. The van der Waals surface area contributed by atoms with E-state index in [2.05, 4.69) is 44.2 Å². The molecule has 2 N–H and O–H groups in total. The molecule has 1 saturated carbocycles. The summed E-state index contributed by atoms with van der Waals surface area (Å²) in [6.45, 7) is 4.24. The van der Waals surface area contributed by atoms with E-state index >= 15 is 0 Å². The summed E-state index contributed by atoms with van der Waals surface area (Å²) in [5.41, 5.74) is 10.4. The number of rotatable bonds is 2. The van der Waals surface area contributed by atoms with E-state index in [0.717, 1.165) is 12.8 Å². The lowest BCUT2D eigenvalue weighted by Gasteiger charge is -2.34. The van der Waals surface area contributed by atoms with Crippen molar-refractivity contribution in [2.45, 2.75) is 51.5 Å². The summed E-state index contributed by atoms with van der Waals surface area (Å²) < 4.78 is 0. The normalized spacial score (nSPS) is 20.3. The second kappa shape index (κ2) is 5.05. The van der Waals surface area contributed by atoms with Gasteiger partial charge in [0.25, 0.3) is 0 Å². The zero-order chi connectivity index (χ0) is 12.3. The van der Waals surface area contributed by atoms with E-state index in [1.165, 1.54) is 36.0 Å². The first-order valence-electron chi connectivity index (χ1n) is 6.68. The Hall–Kier alpha value is -1.08. The van der Waals surface area contributed by atoms with Gasteiger partial charge in [-0.3, -0.25) is 0 Å². The van der Waals surface area contributed by atoms with Gasteiger partial charge < -0.3 is 5.73 Å². The Morgan fingerprint density at radius 2 is 1.94 bits per heavy atom. The predicted molar refractivity (Wildman–Crippen MR) is 74.7 cm³/mol. The third-order valence-electron chi connectivity index (χ3n) is 4.07. The lowest BCUT2D eigenvalue weighted by molar-refractivity contribution is 0.302. The van der Waals surface area contributed by atoms with Crippen molar-refractivity contribution in [3.63, 3.8) is 0 Å². The second-order valence-corrected chi connectivity index (χ2v) is 5.27. The Morgan fingerprint density at radius 1 is 1.24 bits per heavy atom. The van der Waals surface area contributed by atoms with E-state index in [0.29, 0.717) is 0 Å². The molecule has 0 unspecified atom stereocenters. The van der Waals surface area contributed by atoms with Crippen LogP contribution in [0.25, 0.3) is 5.57 Å². The topological polar surface area (TPSA) is 26.0 Å². The van der Waals surface area contributed by atoms with Crippen molar-refractivity contribution < 1.29 is 0 Å². The molecule has 1 aromatic carbocycles. The van der Waals surface area contributed by atoms with E-state index in [1.54, 1.807) is 0 Å². The van der Waals surface area contributed by atoms with Crippen molar-refractivity contribution >= 4 is 5.57 Å². The highest BCUT2D eigenvalue weighted by atomic mass is 14.7. The molecule has 92 valence electrons. The third-order valence-corrected chi connectivity index (χ3v) is 4.07. The van der Waals surface area contributed by atoms with Gasteiger partial charge in [0.15, 0.2) is 0 Å². The minimum absolute atomic E-state index is 0.0811. The summed E-state index contributed by atoms with van der Waals surface area (Å²) in [6.07, 6.45) is 8.29. The molecule has 0 aromatic heterocycles. The van der Waals surface area contributed by atoms with Crippen LogP contribution in [0.3, 0.4) is 0 Å². The van der Waals surface area contributed by atoms with Crippen LogP contribution in [0.15, 0.2) is 30.3 Å². The SMILES string of the molecule is C/C=C(/C)c1cccc(C2(N)CCCCC2)c1. The monoisotopic (exact) mass is 229 g/mol. The van der Waals surface area contributed by atoms with Crippen LogP contribution in [0, 0.1) is 0 Å². The van der Waals surface area contributed by atoms with Gasteiger partial charge in [-0.05, 0) is 49.5 Å². The van der Waals surface area contributed by atoms with Crippen LogP contribution in [-0.4, -0.2) is 0 Å². The van der Waals surface area contributed by atoms with Crippen molar-refractivity contribution in [1.29, 1.82) is 0 Å². The van der Waals surface area contributed by atoms with E-state index in [9.17, 15) is 0 Å². The maximum Gasteiger partial charge on any atom is 0.0409 e. The molecule has 0 bridgehead atoms. The molecule has 1 nitrogen and oxygen atoms in total. The summed E-state index contributed by atoms with van der Waals surface area (Å²) >= 11 is 0. The highest BCUT2D eigenvalue weighted by Gasteiger charge is 2.29. The molecule has 1 fully saturated rings. The summed E-state index contributed by atoms with van der Waals surface area (Å²) in [7, 11) is 0. The smallest absolute Gasteiger partial charge is 0.0409 e. The van der Waals surface area contributed by atoms with Gasteiger partial charge in [0, 0.05) is 5.54 Å². The second-order valence-electron chi connectivity index (χ2n) is 5.27. The van der Waals surface area contributed by atoms with Gasteiger partial charge >= 0.3 is 0 Å². The largest absolute Gasteiger partial charge is 0.321 e. The van der Waals surface area contributed by atoms with Crippen LogP contribution in [0.2, 0.25) is 0 Å². The number of hydrogen-bond acceptors (Lipinski definition) is 1. The Kier molecular flexibility index (Phi) is 3.68. The van der Waals surface area contributed by atoms with Crippen LogP contribution < -0.4 is 5.73 Å². The Labute approximate surface area is 105 Å². The standard InChI is InChI=1S/C16H23N/c1-3-13(2)14-8-7-9-15(12-14)16(17)10-5-4-6-11-16/h3,7-9,12H,4-6,10-11,17H2,1-2H3/b13-3-. The maximum absolute atomic E-state index is 6.57. The predicted octanol–water partition coefficient (Wildman–Crippen LogP) is 4.23. The number of nitrogens with two attached hydrogens (primary N) is 1. The zero-order valence-corrected chi connectivity index (χ0v) is 11.0. The number of benzene rings is 1. The van der Waals surface area contributed by atoms with E-state index < -0.39 is 0 Å². The number of allylic oxidation sites excluding steroid dienone is 2. The van der Waals surface area contributed by atoms with Crippen LogP contribution in [0.1, 0.15) is 57.1 Å². The molecule has 0 saturated heterocycles. The van der Waals surface area contributed by atoms with Crippen LogP contribution in [-0.2, 0) is 5.54 Å². The van der Waals surface area contributed by atoms with Gasteiger partial charge in [0.2, 0.25) is 0 Å². The van der Waals surface area contributed by atoms with Crippen LogP contribution in [0.5, 0.6) is 0 Å². The summed E-state index contributed by atoms with van der Waals surface area (Å²) in [6, 6.07) is 8.78. The van der Waals surface area contributed by atoms with Crippen molar-refractivity contribution in [3.8, 4) is 0 Å². The molecule has 0 spiro atoms. The fraction of sp³-hybridized carbons (Fsp3) is 0.500. The van der Waals surface area contributed by atoms with Crippen molar-refractivity contribution in [2.24, 2.45) is 5.73 Å². The van der Waals surface area contributed by atoms with Gasteiger partial charge in [0.05, 0.1) is 0 Å². The molecular weight excluding hydrogens is 206 g/mol. The molecule has 0 amide bonds. The fourth-order valence-corrected chi connectivity index (χ4v) is 2.71. The minimum atomic E-state index is -0.0811. The van der Waals surface area contributed by atoms with Gasteiger partial charge in [-0.15, -0.1) is 0 Å². The van der Waals surface area contributed by atoms with Gasteiger partial charge in [0.1, 0.15) is 0 Å². The zero-order valence-electron chi connectivity index (χ0n) is 11.0. The Bertz CT molecular complexity index is 411. The molecule has 0 heterocycles. The lowest BCUT2D eigenvalue weighted by atomic mass is 9.77. The summed E-state index contributed by atoms with van der Waals surface area (Å²) in [5.74, 6) is 0.